The van der Waals surface area contributed by atoms with Crippen LogP contribution in [0.25, 0.3) is 20.7 Å². The molecule has 1 amide bonds. The molecular formula is C27H26FN3O2S. The van der Waals surface area contributed by atoms with E-state index in [-0.39, 0.29) is 11.7 Å². The molecule has 1 fully saturated rings. The summed E-state index contributed by atoms with van der Waals surface area (Å²) >= 11 is 1.58. The van der Waals surface area contributed by atoms with Crippen LogP contribution in [0.1, 0.15) is 31.7 Å². The van der Waals surface area contributed by atoms with Crippen LogP contribution in [0.15, 0.2) is 60.8 Å². The van der Waals surface area contributed by atoms with Gasteiger partial charge in [-0.2, -0.15) is 0 Å². The molecule has 3 heterocycles. The first kappa shape index (κ1) is 22.5. The van der Waals surface area contributed by atoms with Gasteiger partial charge in [-0.1, -0.05) is 31.2 Å². The van der Waals surface area contributed by atoms with E-state index in [0.717, 1.165) is 27.2 Å². The Morgan fingerprint density at radius 3 is 2.62 bits per heavy atom. The molecule has 0 atom stereocenters. The smallest absolute Gasteiger partial charge is 0.224 e. The number of rotatable bonds is 7. The zero-order valence-corrected chi connectivity index (χ0v) is 19.8. The van der Waals surface area contributed by atoms with Gasteiger partial charge in [-0.15, -0.1) is 11.3 Å². The number of hydrogen-bond donors (Lipinski definition) is 1. The Bertz CT molecular complexity index is 1310. The van der Waals surface area contributed by atoms with Crippen LogP contribution >= 0.6 is 11.3 Å². The Morgan fingerprint density at radius 1 is 1.09 bits per heavy atom. The predicted molar refractivity (Wildman–Crippen MR) is 135 cm³/mol. The van der Waals surface area contributed by atoms with Gasteiger partial charge in [0.2, 0.25) is 5.91 Å². The molecule has 2 aromatic carbocycles. The summed E-state index contributed by atoms with van der Waals surface area (Å²) in [6.45, 7) is 5.11. The van der Waals surface area contributed by atoms with Crippen molar-refractivity contribution >= 4 is 33.1 Å². The third-order valence-electron chi connectivity index (χ3n) is 5.98. The van der Waals surface area contributed by atoms with E-state index in [4.69, 9.17) is 4.74 Å². The van der Waals surface area contributed by atoms with Crippen LogP contribution in [0.4, 0.5) is 10.1 Å². The fourth-order valence-corrected chi connectivity index (χ4v) is 5.21. The van der Waals surface area contributed by atoms with Gasteiger partial charge in [0.1, 0.15) is 5.75 Å². The van der Waals surface area contributed by atoms with Crippen LogP contribution in [-0.2, 0) is 11.3 Å². The number of likely N-dealkylation sites (tertiary alicyclic amines) is 1. The summed E-state index contributed by atoms with van der Waals surface area (Å²) in [5, 5.41) is 2.65. The molecule has 7 heteroatoms. The molecule has 0 bridgehead atoms. The normalized spacial score (nSPS) is 13.9. The fourth-order valence-electron chi connectivity index (χ4n) is 4.14. The molecule has 5 nitrogen and oxygen atoms in total. The maximum atomic E-state index is 14.7. The molecule has 0 saturated carbocycles. The van der Waals surface area contributed by atoms with Crippen molar-refractivity contribution in [2.75, 3.05) is 18.4 Å². The van der Waals surface area contributed by atoms with E-state index in [2.05, 4.69) is 39.5 Å². The number of pyridine rings is 1. The number of aromatic nitrogens is 1. The molecule has 174 valence electrons. The maximum Gasteiger partial charge on any atom is 0.224 e. The summed E-state index contributed by atoms with van der Waals surface area (Å²) in [6, 6.07) is 16.9. The minimum atomic E-state index is -0.538. The van der Waals surface area contributed by atoms with Gasteiger partial charge in [-0.25, -0.2) is 4.39 Å². The summed E-state index contributed by atoms with van der Waals surface area (Å²) in [4.78, 5) is 19.6. The van der Waals surface area contributed by atoms with Gasteiger partial charge >= 0.3 is 0 Å². The second kappa shape index (κ2) is 9.91. The number of halogens is 1. The zero-order valence-electron chi connectivity index (χ0n) is 19.0. The Hall–Kier alpha value is -3.29. The summed E-state index contributed by atoms with van der Waals surface area (Å²) in [6.07, 6.45) is 4.58. The number of benzene rings is 2. The average molecular weight is 476 g/mol. The Labute approximate surface area is 202 Å². The molecular weight excluding hydrogens is 449 g/mol. The van der Waals surface area contributed by atoms with E-state index in [1.807, 2.05) is 6.07 Å². The first-order chi connectivity index (χ1) is 16.6. The van der Waals surface area contributed by atoms with Crippen LogP contribution < -0.4 is 10.1 Å². The molecule has 0 radical (unpaired) electrons. The van der Waals surface area contributed by atoms with Gasteiger partial charge < -0.3 is 10.1 Å². The monoisotopic (exact) mass is 475 g/mol. The quantitative estimate of drug-likeness (QED) is 0.318. The topological polar surface area (TPSA) is 54.5 Å². The molecule has 5 rings (SSSR count). The third kappa shape index (κ3) is 4.95. The van der Waals surface area contributed by atoms with Crippen molar-refractivity contribution in [1.82, 2.24) is 9.88 Å². The van der Waals surface area contributed by atoms with E-state index in [9.17, 15) is 9.18 Å². The van der Waals surface area contributed by atoms with Crippen molar-refractivity contribution in [2.24, 2.45) is 0 Å². The highest BCUT2D eigenvalue weighted by Gasteiger charge is 2.15. The number of hydrogen-bond acceptors (Lipinski definition) is 5. The summed E-state index contributed by atoms with van der Waals surface area (Å²) in [5.74, 6) is -0.0531. The number of nitrogens with zero attached hydrogens (tertiary/aromatic N) is 2. The highest BCUT2D eigenvalue weighted by atomic mass is 32.1. The predicted octanol–water partition coefficient (Wildman–Crippen LogP) is 6.84. The van der Waals surface area contributed by atoms with Gasteiger partial charge in [-0.3, -0.25) is 14.7 Å². The molecule has 4 aromatic rings. The van der Waals surface area contributed by atoms with E-state index >= 15 is 0 Å². The number of carbonyl (C=O) groups is 1. The van der Waals surface area contributed by atoms with Crippen LogP contribution in [-0.4, -0.2) is 28.9 Å². The minimum Gasteiger partial charge on any atom is -0.453 e. The van der Waals surface area contributed by atoms with Gasteiger partial charge in [0.15, 0.2) is 11.6 Å². The SMILES string of the molecule is CCC(=O)Nc1ccc(Oc2ccnc3cc(-c4ccc(CN5CCCC5)cc4)sc23)c(F)c1. The number of fused-ring (bicyclic) bond motifs is 1. The van der Waals surface area contributed by atoms with Gasteiger partial charge in [0.05, 0.1) is 10.2 Å². The lowest BCUT2D eigenvalue weighted by Gasteiger charge is -2.14. The lowest BCUT2D eigenvalue weighted by molar-refractivity contribution is -0.115. The highest BCUT2D eigenvalue weighted by molar-refractivity contribution is 7.22. The molecule has 1 aliphatic rings. The van der Waals surface area contributed by atoms with E-state index in [0.29, 0.717) is 17.9 Å². The zero-order chi connectivity index (χ0) is 23.5. The van der Waals surface area contributed by atoms with Crippen LogP contribution in [0.5, 0.6) is 11.5 Å². The molecule has 0 spiro atoms. The minimum absolute atomic E-state index is 0.100. The van der Waals surface area contributed by atoms with Gasteiger partial charge in [0, 0.05) is 41.9 Å². The third-order valence-corrected chi connectivity index (χ3v) is 7.16. The Kier molecular flexibility index (Phi) is 6.56. The molecule has 0 unspecified atom stereocenters. The standard InChI is InChI=1S/C27H26FN3O2S/c1-2-26(32)30-20-9-10-23(21(28)15-20)33-24-11-12-29-22-16-25(34-27(22)24)19-7-5-18(6-8-19)17-31-13-3-4-14-31/h5-12,15-16H,2-4,13-14,17H2,1H3,(H,30,32). The number of carbonyl (C=O) groups excluding carboxylic acids is 1. The lowest BCUT2D eigenvalue weighted by Crippen LogP contribution is -2.18. The van der Waals surface area contributed by atoms with Crippen LogP contribution in [0.2, 0.25) is 0 Å². The first-order valence-electron chi connectivity index (χ1n) is 11.6. The van der Waals surface area contributed by atoms with Crippen molar-refractivity contribution in [2.45, 2.75) is 32.7 Å². The number of nitrogens with one attached hydrogen (secondary N) is 1. The van der Waals surface area contributed by atoms with Gasteiger partial charge in [-0.05, 0) is 55.3 Å². The number of amides is 1. The van der Waals surface area contributed by atoms with Crippen molar-refractivity contribution in [1.29, 1.82) is 0 Å². The van der Waals surface area contributed by atoms with Crippen LogP contribution in [0, 0.1) is 5.82 Å². The molecule has 2 aromatic heterocycles. The summed E-state index contributed by atoms with van der Waals surface area (Å²) in [7, 11) is 0. The largest absolute Gasteiger partial charge is 0.453 e. The van der Waals surface area contributed by atoms with Crippen molar-refractivity contribution in [3.8, 4) is 21.9 Å². The number of anilines is 1. The fraction of sp³-hybridized carbons (Fsp3) is 0.259. The molecule has 1 aliphatic heterocycles. The maximum absolute atomic E-state index is 14.7. The Morgan fingerprint density at radius 2 is 1.88 bits per heavy atom. The number of ether oxygens (including phenoxy) is 1. The lowest BCUT2D eigenvalue weighted by atomic mass is 10.1. The molecule has 1 N–H and O–H groups in total. The summed E-state index contributed by atoms with van der Waals surface area (Å²) in [5.41, 5.74) is 3.67. The second-order valence-electron chi connectivity index (χ2n) is 8.46. The average Bonchev–Trinajstić information content (AvgIpc) is 3.51. The first-order valence-corrected chi connectivity index (χ1v) is 12.4. The Balaban J connectivity index is 1.36. The molecule has 1 saturated heterocycles. The van der Waals surface area contributed by atoms with Crippen LogP contribution in [0.3, 0.4) is 0 Å². The molecule has 34 heavy (non-hydrogen) atoms. The van der Waals surface area contributed by atoms with E-state index in [1.165, 1.54) is 43.6 Å². The highest BCUT2D eigenvalue weighted by Crippen LogP contribution is 2.39. The second-order valence-corrected chi connectivity index (χ2v) is 9.52. The van der Waals surface area contributed by atoms with E-state index in [1.54, 1.807) is 36.6 Å². The van der Waals surface area contributed by atoms with E-state index < -0.39 is 5.82 Å². The van der Waals surface area contributed by atoms with Crippen molar-refractivity contribution in [3.63, 3.8) is 0 Å². The molecule has 0 aliphatic carbocycles. The van der Waals surface area contributed by atoms with Crippen molar-refractivity contribution in [3.05, 3.63) is 72.2 Å². The summed E-state index contributed by atoms with van der Waals surface area (Å²) < 4.78 is 21.4. The van der Waals surface area contributed by atoms with Gasteiger partial charge in [0.25, 0.3) is 0 Å². The van der Waals surface area contributed by atoms with Crippen molar-refractivity contribution < 1.29 is 13.9 Å². The number of thiophene rings is 1.